The molecule has 1 heteroatoms. The molecular formula is C15H27Br. The highest BCUT2D eigenvalue weighted by molar-refractivity contribution is 9.09. The quantitative estimate of drug-likeness (QED) is 0.296. The molecule has 0 N–H and O–H groups in total. The molecule has 0 heterocycles. The first-order chi connectivity index (χ1) is 7.81. The fourth-order valence-electron chi connectivity index (χ4n) is 1.64. The SMILES string of the molecule is CCCCCCCC#CCCC(C)CCBr. The Morgan fingerprint density at radius 2 is 1.62 bits per heavy atom. The lowest BCUT2D eigenvalue weighted by molar-refractivity contribution is 0.531. The van der Waals surface area contributed by atoms with Crippen LogP contribution < -0.4 is 0 Å². The molecule has 0 aromatic heterocycles. The van der Waals surface area contributed by atoms with Gasteiger partial charge in [0.2, 0.25) is 0 Å². The second kappa shape index (κ2) is 13.1. The van der Waals surface area contributed by atoms with Crippen LogP contribution in [0.1, 0.15) is 71.6 Å². The first-order valence-corrected chi connectivity index (χ1v) is 7.95. The molecule has 0 rings (SSSR count). The topological polar surface area (TPSA) is 0 Å². The first kappa shape index (κ1) is 16.0. The molecule has 0 bridgehead atoms. The van der Waals surface area contributed by atoms with E-state index in [4.69, 9.17) is 0 Å². The third kappa shape index (κ3) is 12.1. The van der Waals surface area contributed by atoms with Gasteiger partial charge < -0.3 is 0 Å². The summed E-state index contributed by atoms with van der Waals surface area (Å²) < 4.78 is 0. The summed E-state index contributed by atoms with van der Waals surface area (Å²) in [5.41, 5.74) is 0. The minimum atomic E-state index is 0.818. The molecule has 16 heavy (non-hydrogen) atoms. The number of alkyl halides is 1. The van der Waals surface area contributed by atoms with Gasteiger partial charge in [0.1, 0.15) is 0 Å². The maximum absolute atomic E-state index is 3.48. The molecule has 0 aromatic rings. The van der Waals surface area contributed by atoms with Gasteiger partial charge >= 0.3 is 0 Å². The van der Waals surface area contributed by atoms with Crippen LogP contribution in [0.4, 0.5) is 0 Å². The van der Waals surface area contributed by atoms with Gasteiger partial charge in [0.05, 0.1) is 0 Å². The Balaban J connectivity index is 3.21. The van der Waals surface area contributed by atoms with Crippen molar-refractivity contribution in [2.75, 3.05) is 5.33 Å². The van der Waals surface area contributed by atoms with Crippen molar-refractivity contribution in [3.05, 3.63) is 0 Å². The summed E-state index contributed by atoms with van der Waals surface area (Å²) in [6.45, 7) is 4.57. The number of halogens is 1. The lowest BCUT2D eigenvalue weighted by atomic mass is 10.0. The van der Waals surface area contributed by atoms with Gasteiger partial charge in [-0.15, -0.1) is 11.8 Å². The first-order valence-electron chi connectivity index (χ1n) is 6.83. The van der Waals surface area contributed by atoms with Crippen LogP contribution in [0.15, 0.2) is 0 Å². The van der Waals surface area contributed by atoms with E-state index in [0.717, 1.165) is 24.1 Å². The van der Waals surface area contributed by atoms with Gasteiger partial charge in [-0.05, 0) is 25.2 Å². The highest BCUT2D eigenvalue weighted by Gasteiger charge is 1.98. The van der Waals surface area contributed by atoms with Gasteiger partial charge in [0.25, 0.3) is 0 Å². The zero-order valence-electron chi connectivity index (χ0n) is 11.0. The van der Waals surface area contributed by atoms with E-state index in [2.05, 4.69) is 41.6 Å². The summed E-state index contributed by atoms with van der Waals surface area (Å²) in [4.78, 5) is 0. The Bertz CT molecular complexity index is 187. The molecule has 1 atom stereocenters. The average molecular weight is 287 g/mol. The summed E-state index contributed by atoms with van der Waals surface area (Å²) in [6, 6.07) is 0. The van der Waals surface area contributed by atoms with Crippen molar-refractivity contribution < 1.29 is 0 Å². The van der Waals surface area contributed by atoms with Crippen LogP contribution in [0.5, 0.6) is 0 Å². The highest BCUT2D eigenvalue weighted by atomic mass is 79.9. The standard InChI is InChI=1S/C15H27Br/c1-3-4-5-6-7-8-9-10-11-12-15(2)13-14-16/h15H,3-8,11-14H2,1-2H3. The lowest BCUT2D eigenvalue weighted by Gasteiger charge is -2.04. The Kier molecular flexibility index (Phi) is 13.1. The van der Waals surface area contributed by atoms with Crippen molar-refractivity contribution >= 4 is 15.9 Å². The second-order valence-corrected chi connectivity index (χ2v) is 5.43. The van der Waals surface area contributed by atoms with Crippen LogP contribution >= 0.6 is 15.9 Å². The fraction of sp³-hybridized carbons (Fsp3) is 0.867. The second-order valence-electron chi connectivity index (χ2n) is 4.64. The third-order valence-corrected chi connectivity index (χ3v) is 3.35. The Morgan fingerprint density at radius 1 is 0.938 bits per heavy atom. The van der Waals surface area contributed by atoms with E-state index in [1.165, 1.54) is 44.9 Å². The smallest absolute Gasteiger partial charge is 0.00912 e. The van der Waals surface area contributed by atoms with E-state index < -0.39 is 0 Å². The van der Waals surface area contributed by atoms with Crippen LogP contribution in [0.3, 0.4) is 0 Å². The van der Waals surface area contributed by atoms with Gasteiger partial charge in [-0.1, -0.05) is 55.5 Å². The van der Waals surface area contributed by atoms with Gasteiger partial charge in [0.15, 0.2) is 0 Å². The Morgan fingerprint density at radius 3 is 2.31 bits per heavy atom. The van der Waals surface area contributed by atoms with E-state index in [0.29, 0.717) is 0 Å². The molecule has 94 valence electrons. The highest BCUT2D eigenvalue weighted by Crippen LogP contribution is 2.11. The molecule has 0 radical (unpaired) electrons. The maximum Gasteiger partial charge on any atom is 0.00912 e. The van der Waals surface area contributed by atoms with Crippen LogP contribution in [0, 0.1) is 17.8 Å². The monoisotopic (exact) mass is 286 g/mol. The van der Waals surface area contributed by atoms with E-state index >= 15 is 0 Å². The van der Waals surface area contributed by atoms with Crippen molar-refractivity contribution in [1.82, 2.24) is 0 Å². The largest absolute Gasteiger partial charge is 0.103 e. The molecular weight excluding hydrogens is 260 g/mol. The molecule has 0 saturated heterocycles. The van der Waals surface area contributed by atoms with E-state index in [1.807, 2.05) is 0 Å². The van der Waals surface area contributed by atoms with E-state index in [-0.39, 0.29) is 0 Å². The van der Waals surface area contributed by atoms with Gasteiger partial charge in [-0.3, -0.25) is 0 Å². The Labute approximate surface area is 111 Å². The summed E-state index contributed by atoms with van der Waals surface area (Å²) in [6.07, 6.45) is 11.5. The van der Waals surface area contributed by atoms with Crippen molar-refractivity contribution in [1.29, 1.82) is 0 Å². The van der Waals surface area contributed by atoms with Crippen LogP contribution in [-0.2, 0) is 0 Å². The third-order valence-electron chi connectivity index (χ3n) is 2.89. The molecule has 0 aliphatic carbocycles. The molecule has 0 amide bonds. The summed E-state index contributed by atoms with van der Waals surface area (Å²) in [5.74, 6) is 7.42. The predicted octanol–water partition coefficient (Wildman–Crippen LogP) is 5.55. The number of unbranched alkanes of at least 4 members (excludes halogenated alkanes) is 5. The molecule has 0 saturated carbocycles. The van der Waals surface area contributed by atoms with E-state index in [1.54, 1.807) is 0 Å². The molecule has 1 unspecified atom stereocenters. The minimum absolute atomic E-state index is 0.818. The van der Waals surface area contributed by atoms with Crippen LogP contribution in [0.25, 0.3) is 0 Å². The van der Waals surface area contributed by atoms with Crippen molar-refractivity contribution in [2.24, 2.45) is 5.92 Å². The van der Waals surface area contributed by atoms with Gasteiger partial charge in [-0.2, -0.15) is 0 Å². The van der Waals surface area contributed by atoms with Gasteiger partial charge in [0, 0.05) is 18.2 Å². The molecule has 0 nitrogen and oxygen atoms in total. The van der Waals surface area contributed by atoms with Crippen molar-refractivity contribution in [3.8, 4) is 11.8 Å². The Hall–Kier alpha value is 0.0400. The fourth-order valence-corrected chi connectivity index (χ4v) is 2.42. The van der Waals surface area contributed by atoms with Crippen LogP contribution in [-0.4, -0.2) is 5.33 Å². The minimum Gasteiger partial charge on any atom is -0.103 e. The van der Waals surface area contributed by atoms with Crippen LogP contribution in [0.2, 0.25) is 0 Å². The molecule has 0 fully saturated rings. The molecule has 0 aliphatic rings. The van der Waals surface area contributed by atoms with Gasteiger partial charge in [-0.25, -0.2) is 0 Å². The lowest BCUT2D eigenvalue weighted by Crippen LogP contribution is -1.93. The summed E-state index contributed by atoms with van der Waals surface area (Å²) in [5, 5.41) is 1.12. The number of hydrogen-bond acceptors (Lipinski definition) is 0. The average Bonchev–Trinajstić information content (AvgIpc) is 2.27. The zero-order chi connectivity index (χ0) is 12.1. The summed E-state index contributed by atoms with van der Waals surface area (Å²) >= 11 is 3.48. The molecule has 0 aromatic carbocycles. The number of rotatable bonds is 9. The maximum atomic E-state index is 3.48. The number of hydrogen-bond donors (Lipinski definition) is 0. The normalized spacial score (nSPS) is 11.9. The summed E-state index contributed by atoms with van der Waals surface area (Å²) in [7, 11) is 0. The van der Waals surface area contributed by atoms with Crippen molar-refractivity contribution in [2.45, 2.75) is 71.6 Å². The van der Waals surface area contributed by atoms with E-state index in [9.17, 15) is 0 Å². The molecule has 0 spiro atoms. The van der Waals surface area contributed by atoms with Crippen molar-refractivity contribution in [3.63, 3.8) is 0 Å². The zero-order valence-corrected chi connectivity index (χ0v) is 12.6. The molecule has 0 aliphatic heterocycles. The predicted molar refractivity (Wildman–Crippen MR) is 78.0 cm³/mol.